The van der Waals surface area contributed by atoms with Crippen molar-refractivity contribution < 1.29 is 35.9 Å². The molecule has 0 N–H and O–H groups in total. The molecule has 0 bridgehead atoms. The second kappa shape index (κ2) is 14.5. The Balaban J connectivity index is 0.00000462. The van der Waals surface area contributed by atoms with E-state index in [9.17, 15) is 9.59 Å². The van der Waals surface area contributed by atoms with Crippen molar-refractivity contribution in [1.29, 1.82) is 0 Å². The number of anilines is 1. The van der Waals surface area contributed by atoms with Crippen LogP contribution in [0.25, 0.3) is 33.4 Å². The molecule has 8 heteroatoms. The molecule has 0 saturated heterocycles. The Morgan fingerprint density at radius 1 is 0.902 bits per heavy atom. The van der Waals surface area contributed by atoms with Gasteiger partial charge in [0.2, 0.25) is 5.36 Å². The number of esters is 2. The van der Waals surface area contributed by atoms with Crippen molar-refractivity contribution in [2.75, 3.05) is 44.3 Å². The van der Waals surface area contributed by atoms with Crippen LogP contribution < -0.4 is 27.2 Å². The Hall–Kier alpha value is -4.10. The van der Waals surface area contributed by atoms with E-state index in [4.69, 9.17) is 13.9 Å². The molecular formula is C33H37ClN2O5. The predicted octanol–water partition coefficient (Wildman–Crippen LogP) is 2.75. The first kappa shape index (κ1) is 31.4. The lowest BCUT2D eigenvalue weighted by Gasteiger charge is -2.22. The van der Waals surface area contributed by atoms with E-state index in [0.29, 0.717) is 5.56 Å². The molecule has 0 saturated carbocycles. The fourth-order valence-corrected chi connectivity index (χ4v) is 5.02. The third-order valence-electron chi connectivity index (χ3n) is 7.09. The standard InChI is InChI=1S/C33H37N2O5.ClH/c1-6-31(36)38-19-20-39-33(37)26-14-12-11-13-25(26)32-27-17-15-23(34(7-2)8-3)21-29(27)40-30-22-24(16-18-28(30)32)35(9-4)10-5;/h6,11-18,21-22H,1,7-10,19-20H2,2-5H3;1H/q+1;/p-1. The number of fused-ring (bicyclic) bond motifs is 2. The van der Waals surface area contributed by atoms with Crippen molar-refractivity contribution >= 4 is 28.6 Å². The molecule has 0 fully saturated rings. The van der Waals surface area contributed by atoms with E-state index in [1.54, 1.807) is 6.07 Å². The summed E-state index contributed by atoms with van der Waals surface area (Å²) in [6.45, 7) is 15.3. The van der Waals surface area contributed by atoms with E-state index < -0.39 is 11.9 Å². The van der Waals surface area contributed by atoms with Crippen molar-refractivity contribution in [3.05, 3.63) is 84.2 Å². The molecule has 0 amide bonds. The van der Waals surface area contributed by atoms with Gasteiger partial charge in [-0.05, 0) is 57.5 Å². The first-order valence-corrected chi connectivity index (χ1v) is 13.8. The number of carbonyl (C=O) groups is 2. The highest BCUT2D eigenvalue weighted by Gasteiger charge is 2.23. The Labute approximate surface area is 247 Å². The van der Waals surface area contributed by atoms with Crippen molar-refractivity contribution in [1.82, 2.24) is 4.58 Å². The van der Waals surface area contributed by atoms with Gasteiger partial charge in [0, 0.05) is 53.5 Å². The number of ether oxygens (including phenoxy) is 2. The van der Waals surface area contributed by atoms with Crippen LogP contribution >= 0.6 is 0 Å². The number of rotatable bonds is 11. The number of halogens is 1. The van der Waals surface area contributed by atoms with Crippen LogP contribution in [0.4, 0.5) is 5.69 Å². The van der Waals surface area contributed by atoms with Crippen LogP contribution in [-0.2, 0) is 14.3 Å². The van der Waals surface area contributed by atoms with Gasteiger partial charge in [0.1, 0.15) is 37.6 Å². The molecule has 216 valence electrons. The van der Waals surface area contributed by atoms with Crippen molar-refractivity contribution in [3.8, 4) is 22.5 Å². The maximum absolute atomic E-state index is 13.2. The summed E-state index contributed by atoms with van der Waals surface area (Å²) < 4.78 is 19.3. The molecule has 0 spiro atoms. The van der Waals surface area contributed by atoms with Gasteiger partial charge in [-0.1, -0.05) is 24.8 Å². The fourth-order valence-electron chi connectivity index (χ4n) is 5.02. The van der Waals surface area contributed by atoms with Crippen LogP contribution in [-0.4, -0.2) is 51.3 Å². The number of hydrogen-bond acceptors (Lipinski definition) is 6. The minimum atomic E-state index is -0.560. The van der Waals surface area contributed by atoms with Crippen LogP contribution in [0.5, 0.6) is 0 Å². The first-order chi connectivity index (χ1) is 19.4. The van der Waals surface area contributed by atoms with Crippen molar-refractivity contribution in [3.63, 3.8) is 0 Å². The summed E-state index contributed by atoms with van der Waals surface area (Å²) in [7, 11) is 0. The zero-order chi connectivity index (χ0) is 28.6. The molecule has 1 heterocycles. The molecular weight excluding hydrogens is 540 g/mol. The van der Waals surface area contributed by atoms with E-state index in [1.165, 1.54) is 0 Å². The maximum atomic E-state index is 13.2. The molecule has 1 aliphatic carbocycles. The molecule has 0 atom stereocenters. The average molecular weight is 577 g/mol. The highest BCUT2D eigenvalue weighted by Crippen LogP contribution is 2.42. The minimum Gasteiger partial charge on any atom is -1.00 e. The van der Waals surface area contributed by atoms with Gasteiger partial charge in [0.05, 0.1) is 11.6 Å². The van der Waals surface area contributed by atoms with Gasteiger partial charge in [0.15, 0.2) is 0 Å². The highest BCUT2D eigenvalue weighted by molar-refractivity contribution is 6.08. The second-order valence-electron chi connectivity index (χ2n) is 9.24. The number of nitrogens with zero attached hydrogens (tertiary/aromatic N) is 2. The molecule has 0 radical (unpaired) electrons. The largest absolute Gasteiger partial charge is 1.00 e. The summed E-state index contributed by atoms with van der Waals surface area (Å²) in [5.41, 5.74) is 4.79. The summed E-state index contributed by atoms with van der Waals surface area (Å²) in [5.74, 6) is -0.314. The third kappa shape index (κ3) is 6.80. The van der Waals surface area contributed by atoms with Crippen LogP contribution in [0.15, 0.2) is 77.7 Å². The van der Waals surface area contributed by atoms with Crippen LogP contribution in [0, 0.1) is 0 Å². The fraction of sp³-hybridized carbons (Fsp3) is 0.303. The Morgan fingerprint density at radius 2 is 1.61 bits per heavy atom. The summed E-state index contributed by atoms with van der Waals surface area (Å²) >= 11 is 0. The second-order valence-corrected chi connectivity index (χ2v) is 9.24. The quantitative estimate of drug-likeness (QED) is 0.0899. The molecule has 2 aliphatic rings. The number of carbonyl (C=O) groups excluding carboxylic acids is 2. The molecule has 2 aromatic rings. The number of benzene rings is 3. The lowest BCUT2D eigenvalue weighted by Crippen LogP contribution is -3.00. The predicted molar refractivity (Wildman–Crippen MR) is 160 cm³/mol. The lowest BCUT2D eigenvalue weighted by molar-refractivity contribution is -0.138. The zero-order valence-corrected chi connectivity index (χ0v) is 24.9. The SMILES string of the molecule is C=CC(=O)OCCOC(=O)c1ccccc1-c1c2ccc(=[N+](CC)CC)cc-2oc2cc(N(CC)CC)ccc12.[Cl-]. The monoisotopic (exact) mass is 576 g/mol. The van der Waals surface area contributed by atoms with Crippen LogP contribution in [0.3, 0.4) is 0 Å². The van der Waals surface area contributed by atoms with E-state index in [-0.39, 0.29) is 25.6 Å². The van der Waals surface area contributed by atoms with Crippen molar-refractivity contribution in [2.45, 2.75) is 27.7 Å². The molecule has 2 aromatic carbocycles. The van der Waals surface area contributed by atoms with E-state index >= 15 is 0 Å². The smallest absolute Gasteiger partial charge is 0.338 e. The lowest BCUT2D eigenvalue weighted by atomic mass is 9.90. The van der Waals surface area contributed by atoms with Gasteiger partial charge in [-0.3, -0.25) is 0 Å². The van der Waals surface area contributed by atoms with Gasteiger partial charge in [-0.25, -0.2) is 14.2 Å². The van der Waals surface area contributed by atoms with Gasteiger partial charge in [-0.2, -0.15) is 0 Å². The van der Waals surface area contributed by atoms with Gasteiger partial charge >= 0.3 is 11.9 Å². The Kier molecular flexibility index (Phi) is 11.1. The van der Waals surface area contributed by atoms with Crippen molar-refractivity contribution in [2.24, 2.45) is 0 Å². The normalized spacial score (nSPS) is 10.6. The van der Waals surface area contributed by atoms with Crippen LogP contribution in [0.2, 0.25) is 0 Å². The van der Waals surface area contributed by atoms with E-state index in [2.05, 4.69) is 80.1 Å². The molecule has 0 unspecified atom stereocenters. The molecule has 0 aromatic heterocycles. The molecule has 41 heavy (non-hydrogen) atoms. The van der Waals surface area contributed by atoms with Gasteiger partial charge in [-0.15, -0.1) is 0 Å². The zero-order valence-electron chi connectivity index (χ0n) is 24.1. The Bertz CT molecular complexity index is 1570. The summed E-state index contributed by atoms with van der Waals surface area (Å²) in [6, 6.07) is 19.9. The maximum Gasteiger partial charge on any atom is 0.338 e. The van der Waals surface area contributed by atoms with Crippen LogP contribution in [0.1, 0.15) is 38.1 Å². The molecule has 4 rings (SSSR count). The highest BCUT2D eigenvalue weighted by atomic mass is 35.5. The number of hydrogen-bond donors (Lipinski definition) is 0. The summed E-state index contributed by atoms with van der Waals surface area (Å²) in [4.78, 5) is 26.8. The molecule has 1 aliphatic heterocycles. The molecule has 7 nitrogen and oxygen atoms in total. The van der Waals surface area contributed by atoms with E-state index in [1.807, 2.05) is 18.2 Å². The minimum absolute atomic E-state index is 0. The Morgan fingerprint density at radius 3 is 2.29 bits per heavy atom. The topological polar surface area (TPSA) is 72.0 Å². The third-order valence-corrected chi connectivity index (χ3v) is 7.09. The van der Waals surface area contributed by atoms with E-state index in [0.717, 1.165) is 76.7 Å². The first-order valence-electron chi connectivity index (χ1n) is 13.8. The summed E-state index contributed by atoms with van der Waals surface area (Å²) in [6.07, 6.45) is 1.07. The average Bonchev–Trinajstić information content (AvgIpc) is 2.99. The van der Waals surface area contributed by atoms with Gasteiger partial charge < -0.3 is 31.2 Å². The summed E-state index contributed by atoms with van der Waals surface area (Å²) in [5, 5.41) is 1.98. The van der Waals surface area contributed by atoms with Gasteiger partial charge in [0.25, 0.3) is 0 Å².